The van der Waals surface area contributed by atoms with E-state index in [2.05, 4.69) is 10.6 Å². The molecule has 0 heterocycles. The molecule has 2 rings (SSSR count). The molecule has 6 heteroatoms. The zero-order valence-electron chi connectivity index (χ0n) is 14.8. The van der Waals surface area contributed by atoms with Gasteiger partial charge in [0, 0.05) is 19.5 Å². The molecule has 2 N–H and O–H groups in total. The molecule has 0 aliphatic carbocycles. The molecule has 0 bridgehead atoms. The van der Waals surface area contributed by atoms with Crippen LogP contribution in [-0.2, 0) is 11.3 Å². The van der Waals surface area contributed by atoms with Gasteiger partial charge in [-0.1, -0.05) is 18.2 Å². The smallest absolute Gasteiger partial charge is 0.225 e. The van der Waals surface area contributed by atoms with Crippen LogP contribution in [0.5, 0.6) is 17.2 Å². The Morgan fingerprint density at radius 3 is 2.36 bits per heavy atom. The molecule has 2 aromatic carbocycles. The molecule has 134 valence electrons. The van der Waals surface area contributed by atoms with E-state index in [9.17, 15) is 4.79 Å². The van der Waals surface area contributed by atoms with Crippen LogP contribution in [0.4, 0.5) is 5.69 Å². The van der Waals surface area contributed by atoms with Crippen LogP contribution in [0.2, 0.25) is 0 Å². The van der Waals surface area contributed by atoms with E-state index in [-0.39, 0.29) is 5.91 Å². The van der Waals surface area contributed by atoms with Crippen LogP contribution in [0.1, 0.15) is 12.0 Å². The van der Waals surface area contributed by atoms with Gasteiger partial charge < -0.3 is 24.8 Å². The number of ether oxygens (including phenoxy) is 3. The minimum Gasteiger partial charge on any atom is -0.495 e. The Labute approximate surface area is 148 Å². The normalized spacial score (nSPS) is 10.2. The van der Waals surface area contributed by atoms with E-state index in [0.29, 0.717) is 42.4 Å². The fraction of sp³-hybridized carbons (Fsp3) is 0.316. The van der Waals surface area contributed by atoms with Crippen molar-refractivity contribution in [1.82, 2.24) is 5.32 Å². The van der Waals surface area contributed by atoms with Crippen molar-refractivity contribution in [2.24, 2.45) is 0 Å². The summed E-state index contributed by atoms with van der Waals surface area (Å²) in [5.41, 5.74) is 1.73. The number of carbonyl (C=O) groups is 1. The number of hydrogen-bond donors (Lipinski definition) is 2. The summed E-state index contributed by atoms with van der Waals surface area (Å²) in [5, 5.41) is 6.10. The molecule has 0 fully saturated rings. The second-order valence-electron chi connectivity index (χ2n) is 5.36. The van der Waals surface area contributed by atoms with Crippen LogP contribution in [-0.4, -0.2) is 33.8 Å². The SMILES string of the molecule is COc1ccccc1NC(=O)CCNCc1ccc(OC)c(OC)c1. The first kappa shape index (κ1) is 18.6. The van der Waals surface area contributed by atoms with Crippen LogP contribution in [0.15, 0.2) is 42.5 Å². The maximum Gasteiger partial charge on any atom is 0.225 e. The van der Waals surface area contributed by atoms with Crippen molar-refractivity contribution >= 4 is 11.6 Å². The molecule has 0 unspecified atom stereocenters. The zero-order valence-corrected chi connectivity index (χ0v) is 14.8. The van der Waals surface area contributed by atoms with Gasteiger partial charge in [-0.3, -0.25) is 4.79 Å². The van der Waals surface area contributed by atoms with Crippen molar-refractivity contribution in [1.29, 1.82) is 0 Å². The van der Waals surface area contributed by atoms with E-state index < -0.39 is 0 Å². The molecule has 0 spiro atoms. The summed E-state index contributed by atoms with van der Waals surface area (Å²) in [6, 6.07) is 13.1. The van der Waals surface area contributed by atoms with E-state index in [0.717, 1.165) is 5.56 Å². The number of rotatable bonds is 9. The molecule has 0 saturated carbocycles. The molecule has 6 nitrogen and oxygen atoms in total. The Hall–Kier alpha value is -2.73. The quantitative estimate of drug-likeness (QED) is 0.685. The highest BCUT2D eigenvalue weighted by Gasteiger charge is 2.07. The largest absolute Gasteiger partial charge is 0.495 e. The minimum absolute atomic E-state index is 0.0655. The van der Waals surface area contributed by atoms with Gasteiger partial charge in [-0.15, -0.1) is 0 Å². The Morgan fingerprint density at radius 1 is 0.920 bits per heavy atom. The Balaban J connectivity index is 1.78. The minimum atomic E-state index is -0.0655. The van der Waals surface area contributed by atoms with Gasteiger partial charge in [0.1, 0.15) is 5.75 Å². The lowest BCUT2D eigenvalue weighted by atomic mass is 10.2. The van der Waals surface area contributed by atoms with Crippen molar-refractivity contribution in [2.45, 2.75) is 13.0 Å². The second-order valence-corrected chi connectivity index (χ2v) is 5.36. The number of amides is 1. The highest BCUT2D eigenvalue weighted by Crippen LogP contribution is 2.27. The van der Waals surface area contributed by atoms with Crippen LogP contribution >= 0.6 is 0 Å². The lowest BCUT2D eigenvalue weighted by Crippen LogP contribution is -2.21. The third-order valence-electron chi connectivity index (χ3n) is 3.69. The zero-order chi connectivity index (χ0) is 18.1. The molecule has 0 aliphatic rings. The van der Waals surface area contributed by atoms with Gasteiger partial charge in [-0.05, 0) is 29.8 Å². The van der Waals surface area contributed by atoms with E-state index in [1.165, 1.54) is 0 Å². The molecule has 25 heavy (non-hydrogen) atoms. The van der Waals surface area contributed by atoms with Crippen LogP contribution in [0.25, 0.3) is 0 Å². The van der Waals surface area contributed by atoms with Crippen molar-refractivity contribution in [3.05, 3.63) is 48.0 Å². The highest BCUT2D eigenvalue weighted by molar-refractivity contribution is 5.92. The molecule has 1 amide bonds. The molecule has 0 aliphatic heterocycles. The lowest BCUT2D eigenvalue weighted by molar-refractivity contribution is -0.116. The average Bonchev–Trinajstić information content (AvgIpc) is 2.65. The summed E-state index contributed by atoms with van der Waals surface area (Å²) in [6.07, 6.45) is 0.366. The third kappa shape index (κ3) is 5.39. The molecular weight excluding hydrogens is 320 g/mol. The lowest BCUT2D eigenvalue weighted by Gasteiger charge is -2.11. The second kappa shape index (κ2) is 9.54. The standard InChI is InChI=1S/C19H24N2O4/c1-23-16-7-5-4-6-15(16)21-19(22)10-11-20-13-14-8-9-17(24-2)18(12-14)25-3/h4-9,12,20H,10-11,13H2,1-3H3,(H,21,22). The maximum absolute atomic E-state index is 12.0. The first-order chi connectivity index (χ1) is 12.2. The van der Waals surface area contributed by atoms with Gasteiger partial charge in [0.05, 0.1) is 27.0 Å². The number of methoxy groups -OCH3 is 3. The van der Waals surface area contributed by atoms with Gasteiger partial charge in [0.25, 0.3) is 0 Å². The Bertz CT molecular complexity index is 704. The number of para-hydroxylation sites is 2. The van der Waals surface area contributed by atoms with Crippen LogP contribution < -0.4 is 24.8 Å². The summed E-state index contributed by atoms with van der Waals surface area (Å²) < 4.78 is 15.7. The molecular formula is C19H24N2O4. The molecule has 0 atom stereocenters. The molecule has 0 radical (unpaired) electrons. The van der Waals surface area contributed by atoms with Gasteiger partial charge in [-0.25, -0.2) is 0 Å². The monoisotopic (exact) mass is 344 g/mol. The van der Waals surface area contributed by atoms with E-state index in [1.54, 1.807) is 21.3 Å². The van der Waals surface area contributed by atoms with Crippen LogP contribution in [0, 0.1) is 0 Å². The summed E-state index contributed by atoms with van der Waals surface area (Å²) in [6.45, 7) is 1.21. The van der Waals surface area contributed by atoms with Gasteiger partial charge >= 0.3 is 0 Å². The Morgan fingerprint density at radius 2 is 1.64 bits per heavy atom. The molecule has 2 aromatic rings. The number of hydrogen-bond acceptors (Lipinski definition) is 5. The summed E-state index contributed by atoms with van der Waals surface area (Å²) in [5.74, 6) is 1.97. The fourth-order valence-corrected chi connectivity index (χ4v) is 2.39. The number of carbonyl (C=O) groups excluding carboxylic acids is 1. The first-order valence-electron chi connectivity index (χ1n) is 8.02. The van der Waals surface area contributed by atoms with E-state index >= 15 is 0 Å². The Kier molecular flexibility index (Phi) is 7.10. The van der Waals surface area contributed by atoms with Crippen molar-refractivity contribution < 1.29 is 19.0 Å². The van der Waals surface area contributed by atoms with Gasteiger partial charge in [0.15, 0.2) is 11.5 Å². The number of benzene rings is 2. The van der Waals surface area contributed by atoms with E-state index in [1.807, 2.05) is 42.5 Å². The topological polar surface area (TPSA) is 68.8 Å². The third-order valence-corrected chi connectivity index (χ3v) is 3.69. The van der Waals surface area contributed by atoms with E-state index in [4.69, 9.17) is 14.2 Å². The summed E-state index contributed by atoms with van der Waals surface area (Å²) in [7, 11) is 4.79. The van der Waals surface area contributed by atoms with Crippen molar-refractivity contribution in [2.75, 3.05) is 33.2 Å². The summed E-state index contributed by atoms with van der Waals surface area (Å²) >= 11 is 0. The highest BCUT2D eigenvalue weighted by atomic mass is 16.5. The van der Waals surface area contributed by atoms with Crippen molar-refractivity contribution in [3.63, 3.8) is 0 Å². The predicted molar refractivity (Wildman–Crippen MR) is 97.5 cm³/mol. The maximum atomic E-state index is 12.0. The number of nitrogens with one attached hydrogen (secondary N) is 2. The van der Waals surface area contributed by atoms with Crippen LogP contribution in [0.3, 0.4) is 0 Å². The fourth-order valence-electron chi connectivity index (χ4n) is 2.39. The molecule has 0 saturated heterocycles. The van der Waals surface area contributed by atoms with Gasteiger partial charge in [0.2, 0.25) is 5.91 Å². The predicted octanol–water partition coefficient (Wildman–Crippen LogP) is 2.83. The van der Waals surface area contributed by atoms with Crippen molar-refractivity contribution in [3.8, 4) is 17.2 Å². The molecule has 0 aromatic heterocycles. The average molecular weight is 344 g/mol. The summed E-state index contributed by atoms with van der Waals surface area (Å²) in [4.78, 5) is 12.0. The van der Waals surface area contributed by atoms with Gasteiger partial charge in [-0.2, -0.15) is 0 Å². The number of anilines is 1. The first-order valence-corrected chi connectivity index (χ1v) is 8.02.